The van der Waals surface area contributed by atoms with Crippen molar-refractivity contribution in [2.24, 2.45) is 11.7 Å². The third kappa shape index (κ3) is 4.65. The first-order valence-corrected chi connectivity index (χ1v) is 7.98. The monoisotopic (exact) mass is 259 g/mol. The van der Waals surface area contributed by atoms with Gasteiger partial charge < -0.3 is 5.73 Å². The van der Waals surface area contributed by atoms with Gasteiger partial charge in [-0.3, -0.25) is 0 Å². The van der Waals surface area contributed by atoms with Gasteiger partial charge in [-0.15, -0.1) is 0 Å². The Kier molecular flexibility index (Phi) is 5.45. The van der Waals surface area contributed by atoms with Crippen molar-refractivity contribution in [2.75, 3.05) is 0 Å². The third-order valence-electron chi connectivity index (χ3n) is 4.51. The molecule has 0 aliphatic heterocycles. The van der Waals surface area contributed by atoms with Crippen molar-refractivity contribution in [2.45, 2.75) is 71.3 Å². The fraction of sp³-hybridized carbons (Fsp3) is 0.667. The van der Waals surface area contributed by atoms with E-state index in [1.165, 1.54) is 61.6 Å². The van der Waals surface area contributed by atoms with Gasteiger partial charge in [0, 0.05) is 6.04 Å². The van der Waals surface area contributed by atoms with Crippen molar-refractivity contribution in [1.82, 2.24) is 0 Å². The molecule has 0 spiro atoms. The van der Waals surface area contributed by atoms with E-state index in [9.17, 15) is 0 Å². The lowest BCUT2D eigenvalue weighted by molar-refractivity contribution is 0.322. The highest BCUT2D eigenvalue weighted by Crippen LogP contribution is 2.26. The van der Waals surface area contributed by atoms with E-state index in [4.69, 9.17) is 5.73 Å². The predicted molar refractivity (Wildman–Crippen MR) is 83.4 cm³/mol. The SMILES string of the molecule is Cc1cc(C)cc(CC(N)C2CCCCCCC2)c1. The summed E-state index contributed by atoms with van der Waals surface area (Å²) in [6.07, 6.45) is 10.7. The summed E-state index contributed by atoms with van der Waals surface area (Å²) in [6.45, 7) is 4.36. The zero-order valence-corrected chi connectivity index (χ0v) is 12.6. The molecule has 0 aromatic heterocycles. The third-order valence-corrected chi connectivity index (χ3v) is 4.51. The van der Waals surface area contributed by atoms with Gasteiger partial charge in [0.05, 0.1) is 0 Å². The van der Waals surface area contributed by atoms with Crippen LogP contribution in [0.4, 0.5) is 0 Å². The number of hydrogen-bond donors (Lipinski definition) is 1. The Morgan fingerprint density at radius 2 is 1.47 bits per heavy atom. The topological polar surface area (TPSA) is 26.0 Å². The Hall–Kier alpha value is -0.820. The largest absolute Gasteiger partial charge is 0.327 e. The van der Waals surface area contributed by atoms with E-state index in [2.05, 4.69) is 32.0 Å². The van der Waals surface area contributed by atoms with Crippen LogP contribution in [-0.4, -0.2) is 6.04 Å². The Labute approximate surface area is 118 Å². The van der Waals surface area contributed by atoms with Crippen molar-refractivity contribution >= 4 is 0 Å². The molecule has 0 bridgehead atoms. The lowest BCUT2D eigenvalue weighted by Gasteiger charge is -2.26. The standard InChI is InChI=1S/C18H29N/c1-14-10-15(2)12-16(11-14)13-18(19)17-8-6-4-3-5-7-9-17/h10-12,17-18H,3-9,13,19H2,1-2H3. The number of rotatable bonds is 3. The van der Waals surface area contributed by atoms with Gasteiger partial charge in [-0.2, -0.15) is 0 Å². The molecule has 1 aliphatic carbocycles. The van der Waals surface area contributed by atoms with Gasteiger partial charge in [0.15, 0.2) is 0 Å². The molecule has 1 atom stereocenters. The van der Waals surface area contributed by atoms with Gasteiger partial charge in [-0.05, 0) is 44.6 Å². The minimum Gasteiger partial charge on any atom is -0.327 e. The summed E-state index contributed by atoms with van der Waals surface area (Å²) in [7, 11) is 0. The average Bonchev–Trinajstić information content (AvgIpc) is 2.26. The first kappa shape index (κ1) is 14.6. The average molecular weight is 259 g/mol. The molecule has 19 heavy (non-hydrogen) atoms. The van der Waals surface area contributed by atoms with Crippen molar-refractivity contribution in [3.05, 3.63) is 34.9 Å². The second-order valence-corrected chi connectivity index (χ2v) is 6.47. The normalized spacial score (nSPS) is 19.7. The van der Waals surface area contributed by atoms with Crippen molar-refractivity contribution in [3.63, 3.8) is 0 Å². The minimum absolute atomic E-state index is 0.347. The molecule has 106 valence electrons. The predicted octanol–water partition coefficient (Wildman–Crippen LogP) is 4.53. The maximum Gasteiger partial charge on any atom is 0.0108 e. The number of hydrogen-bond acceptors (Lipinski definition) is 1. The molecule has 0 radical (unpaired) electrons. The van der Waals surface area contributed by atoms with E-state index in [-0.39, 0.29) is 0 Å². The lowest BCUT2D eigenvalue weighted by atomic mass is 9.83. The lowest BCUT2D eigenvalue weighted by Crippen LogP contribution is -2.32. The molecule has 1 fully saturated rings. The summed E-state index contributed by atoms with van der Waals surface area (Å²) in [4.78, 5) is 0. The first-order chi connectivity index (χ1) is 9.15. The van der Waals surface area contributed by atoms with Crippen molar-refractivity contribution in [1.29, 1.82) is 0 Å². The number of nitrogens with two attached hydrogens (primary N) is 1. The zero-order valence-electron chi connectivity index (χ0n) is 12.6. The molecule has 0 heterocycles. The molecule has 1 unspecified atom stereocenters. The molecular weight excluding hydrogens is 230 g/mol. The van der Waals surface area contributed by atoms with Crippen LogP contribution in [0.15, 0.2) is 18.2 Å². The first-order valence-electron chi connectivity index (χ1n) is 7.98. The maximum atomic E-state index is 6.50. The highest BCUT2D eigenvalue weighted by Gasteiger charge is 2.19. The second kappa shape index (κ2) is 7.09. The molecule has 1 aliphatic rings. The van der Waals surface area contributed by atoms with Gasteiger partial charge in [-0.1, -0.05) is 61.4 Å². The molecular formula is C18H29N. The Balaban J connectivity index is 1.96. The second-order valence-electron chi connectivity index (χ2n) is 6.47. The summed E-state index contributed by atoms with van der Waals surface area (Å²) in [6, 6.07) is 7.19. The number of benzene rings is 1. The zero-order chi connectivity index (χ0) is 13.7. The van der Waals surface area contributed by atoms with Crippen LogP contribution in [0, 0.1) is 19.8 Å². The molecule has 0 amide bonds. The van der Waals surface area contributed by atoms with Crippen LogP contribution in [0.2, 0.25) is 0 Å². The van der Waals surface area contributed by atoms with Crippen molar-refractivity contribution in [3.8, 4) is 0 Å². The Morgan fingerprint density at radius 1 is 0.947 bits per heavy atom. The van der Waals surface area contributed by atoms with Gasteiger partial charge >= 0.3 is 0 Å². The van der Waals surface area contributed by atoms with E-state index in [0.29, 0.717) is 6.04 Å². The minimum atomic E-state index is 0.347. The molecule has 1 aromatic rings. The van der Waals surface area contributed by atoms with E-state index >= 15 is 0 Å². The van der Waals surface area contributed by atoms with Gasteiger partial charge in [0.1, 0.15) is 0 Å². The van der Waals surface area contributed by atoms with Gasteiger partial charge in [-0.25, -0.2) is 0 Å². The van der Waals surface area contributed by atoms with Gasteiger partial charge in [0.2, 0.25) is 0 Å². The fourth-order valence-electron chi connectivity index (χ4n) is 3.54. The quantitative estimate of drug-likeness (QED) is 0.847. The van der Waals surface area contributed by atoms with E-state index in [1.54, 1.807) is 0 Å². The molecule has 1 nitrogen and oxygen atoms in total. The van der Waals surface area contributed by atoms with E-state index in [0.717, 1.165) is 12.3 Å². The van der Waals surface area contributed by atoms with Crippen molar-refractivity contribution < 1.29 is 0 Å². The summed E-state index contributed by atoms with van der Waals surface area (Å²) >= 11 is 0. The Morgan fingerprint density at radius 3 is 2.05 bits per heavy atom. The van der Waals surface area contributed by atoms with E-state index in [1.807, 2.05) is 0 Å². The summed E-state index contributed by atoms with van der Waals surface area (Å²) in [5.74, 6) is 0.737. The highest BCUT2D eigenvalue weighted by molar-refractivity contribution is 5.29. The van der Waals surface area contributed by atoms with Crippen LogP contribution in [0.1, 0.15) is 61.6 Å². The van der Waals surface area contributed by atoms with E-state index < -0.39 is 0 Å². The highest BCUT2D eigenvalue weighted by atomic mass is 14.6. The molecule has 2 N–H and O–H groups in total. The maximum absolute atomic E-state index is 6.50. The molecule has 1 aromatic carbocycles. The van der Waals surface area contributed by atoms with Crippen LogP contribution >= 0.6 is 0 Å². The van der Waals surface area contributed by atoms with Crippen LogP contribution in [-0.2, 0) is 6.42 Å². The van der Waals surface area contributed by atoms with Crippen LogP contribution in [0.25, 0.3) is 0 Å². The number of aryl methyl sites for hydroxylation is 2. The smallest absolute Gasteiger partial charge is 0.0108 e. The Bertz CT molecular complexity index is 368. The summed E-state index contributed by atoms with van der Waals surface area (Å²) < 4.78 is 0. The van der Waals surface area contributed by atoms with Crippen LogP contribution in [0.5, 0.6) is 0 Å². The molecule has 0 saturated heterocycles. The molecule has 1 heteroatoms. The van der Waals surface area contributed by atoms with Crippen LogP contribution < -0.4 is 5.73 Å². The summed E-state index contributed by atoms with van der Waals surface area (Å²) in [5.41, 5.74) is 10.6. The molecule has 1 saturated carbocycles. The summed E-state index contributed by atoms with van der Waals surface area (Å²) in [5, 5.41) is 0. The fourth-order valence-corrected chi connectivity index (χ4v) is 3.54. The molecule has 2 rings (SSSR count). The van der Waals surface area contributed by atoms with Gasteiger partial charge in [0.25, 0.3) is 0 Å². The van der Waals surface area contributed by atoms with Crippen LogP contribution in [0.3, 0.4) is 0 Å².